The third-order valence-corrected chi connectivity index (χ3v) is 4.54. The number of urea groups is 1. The predicted molar refractivity (Wildman–Crippen MR) is 89.6 cm³/mol. The van der Waals surface area contributed by atoms with Crippen LogP contribution in [0.25, 0.3) is 0 Å². The van der Waals surface area contributed by atoms with Gasteiger partial charge in [0.05, 0.1) is 5.69 Å². The second-order valence-electron chi connectivity index (χ2n) is 6.23. The summed E-state index contributed by atoms with van der Waals surface area (Å²) in [5, 5.41) is 2.68. The molecule has 1 aromatic carbocycles. The maximum Gasteiger partial charge on any atom is 0.329 e. The Balaban J connectivity index is 1.56. The highest BCUT2D eigenvalue weighted by Crippen LogP contribution is 2.21. The van der Waals surface area contributed by atoms with Crippen molar-refractivity contribution in [2.45, 2.75) is 18.9 Å². The Kier molecular flexibility index (Phi) is 4.80. The van der Waals surface area contributed by atoms with E-state index in [0.29, 0.717) is 12.1 Å². The summed E-state index contributed by atoms with van der Waals surface area (Å²) in [6, 6.07) is 7.76. The molecule has 0 bridgehead atoms. The van der Waals surface area contributed by atoms with Gasteiger partial charge in [0.25, 0.3) is 5.91 Å². The number of hydrogen-bond donors (Lipinski definition) is 1. The van der Waals surface area contributed by atoms with Gasteiger partial charge in [-0.05, 0) is 25.6 Å². The number of carbonyl (C=O) groups excluding carboxylic acids is 3. The molecule has 2 aliphatic heterocycles. The minimum absolute atomic E-state index is 0.0447. The van der Waals surface area contributed by atoms with E-state index in [0.717, 1.165) is 31.1 Å². The predicted octanol–water partition coefficient (Wildman–Crippen LogP) is 0.666. The van der Waals surface area contributed by atoms with Crippen LogP contribution in [0, 0.1) is 0 Å². The van der Waals surface area contributed by atoms with Gasteiger partial charge in [-0.1, -0.05) is 18.2 Å². The van der Waals surface area contributed by atoms with E-state index in [1.165, 1.54) is 0 Å². The maximum atomic E-state index is 12.5. The molecule has 2 aliphatic rings. The van der Waals surface area contributed by atoms with Gasteiger partial charge in [0.1, 0.15) is 6.04 Å². The summed E-state index contributed by atoms with van der Waals surface area (Å²) in [5.41, 5.74) is 0.549. The number of likely N-dealkylation sites (N-methyl/N-ethyl adjacent to an activating group) is 1. The minimum Gasteiger partial charge on any atom is -0.340 e. The summed E-state index contributed by atoms with van der Waals surface area (Å²) in [6.45, 7) is 3.17. The SMILES string of the molecule is CN1CCN(C(=O)CC[C@@H]2NC(=O)N(c3ccccc3)C2=O)CC1. The number of amides is 4. The quantitative estimate of drug-likeness (QED) is 0.824. The van der Waals surface area contributed by atoms with Gasteiger partial charge in [-0.3, -0.25) is 9.59 Å². The highest BCUT2D eigenvalue weighted by molar-refractivity contribution is 6.21. The van der Waals surface area contributed by atoms with Crippen LogP contribution in [0.3, 0.4) is 0 Å². The molecule has 1 N–H and O–H groups in total. The van der Waals surface area contributed by atoms with Crippen LogP contribution in [0.4, 0.5) is 10.5 Å². The van der Waals surface area contributed by atoms with E-state index in [4.69, 9.17) is 0 Å². The fourth-order valence-corrected chi connectivity index (χ4v) is 3.03. The molecule has 0 aromatic heterocycles. The molecule has 3 rings (SSSR count). The van der Waals surface area contributed by atoms with Gasteiger partial charge < -0.3 is 15.1 Å². The van der Waals surface area contributed by atoms with Crippen molar-refractivity contribution in [1.29, 1.82) is 0 Å². The molecule has 7 nitrogen and oxygen atoms in total. The summed E-state index contributed by atoms with van der Waals surface area (Å²) < 4.78 is 0. The van der Waals surface area contributed by atoms with Crippen molar-refractivity contribution in [3.8, 4) is 0 Å². The number of hydrogen-bond acceptors (Lipinski definition) is 4. The minimum atomic E-state index is -0.630. The Bertz CT molecular complexity index is 626. The summed E-state index contributed by atoms with van der Waals surface area (Å²) in [4.78, 5) is 42.0. The van der Waals surface area contributed by atoms with Crippen LogP contribution in [0.5, 0.6) is 0 Å². The number of carbonyl (C=O) groups is 3. The first-order valence-electron chi connectivity index (χ1n) is 8.22. The first-order valence-corrected chi connectivity index (χ1v) is 8.22. The normalized spacial score (nSPS) is 22.0. The fraction of sp³-hybridized carbons (Fsp3) is 0.471. The molecule has 24 heavy (non-hydrogen) atoms. The summed E-state index contributed by atoms with van der Waals surface area (Å²) in [5.74, 6) is -0.249. The lowest BCUT2D eigenvalue weighted by atomic mass is 10.1. The van der Waals surface area contributed by atoms with Crippen molar-refractivity contribution >= 4 is 23.5 Å². The monoisotopic (exact) mass is 330 g/mol. The zero-order chi connectivity index (χ0) is 17.1. The molecule has 0 unspecified atom stereocenters. The van der Waals surface area contributed by atoms with E-state index >= 15 is 0 Å². The van der Waals surface area contributed by atoms with Crippen molar-refractivity contribution in [3.63, 3.8) is 0 Å². The molecular weight excluding hydrogens is 308 g/mol. The van der Waals surface area contributed by atoms with Crippen LogP contribution in [-0.2, 0) is 9.59 Å². The van der Waals surface area contributed by atoms with Crippen molar-refractivity contribution in [2.24, 2.45) is 0 Å². The van der Waals surface area contributed by atoms with E-state index in [1.54, 1.807) is 24.3 Å². The van der Waals surface area contributed by atoms with Crippen LogP contribution in [0.15, 0.2) is 30.3 Å². The highest BCUT2D eigenvalue weighted by atomic mass is 16.2. The van der Waals surface area contributed by atoms with Crippen LogP contribution in [-0.4, -0.2) is 66.9 Å². The lowest BCUT2D eigenvalue weighted by Gasteiger charge is -2.32. The van der Waals surface area contributed by atoms with E-state index in [1.807, 2.05) is 18.0 Å². The van der Waals surface area contributed by atoms with Crippen LogP contribution in [0.2, 0.25) is 0 Å². The van der Waals surface area contributed by atoms with E-state index < -0.39 is 12.1 Å². The summed E-state index contributed by atoms with van der Waals surface area (Å²) in [7, 11) is 2.03. The molecule has 0 spiro atoms. The molecule has 7 heteroatoms. The van der Waals surface area contributed by atoms with Crippen molar-refractivity contribution < 1.29 is 14.4 Å². The van der Waals surface area contributed by atoms with Crippen LogP contribution >= 0.6 is 0 Å². The molecule has 2 fully saturated rings. The Hall–Kier alpha value is -2.41. The van der Waals surface area contributed by atoms with E-state index in [9.17, 15) is 14.4 Å². The van der Waals surface area contributed by atoms with Gasteiger partial charge in [0, 0.05) is 32.6 Å². The number of nitrogens with zero attached hydrogens (tertiary/aromatic N) is 3. The number of para-hydroxylation sites is 1. The molecule has 2 heterocycles. The largest absolute Gasteiger partial charge is 0.340 e. The van der Waals surface area contributed by atoms with E-state index in [-0.39, 0.29) is 18.2 Å². The topological polar surface area (TPSA) is 73.0 Å². The summed E-state index contributed by atoms with van der Waals surface area (Å²) in [6.07, 6.45) is 0.599. The Morgan fingerprint density at radius 2 is 1.79 bits per heavy atom. The van der Waals surface area contributed by atoms with Gasteiger partial charge in [0.15, 0.2) is 0 Å². The Morgan fingerprint density at radius 3 is 2.46 bits per heavy atom. The number of anilines is 1. The van der Waals surface area contributed by atoms with Gasteiger partial charge >= 0.3 is 6.03 Å². The van der Waals surface area contributed by atoms with Gasteiger partial charge in [-0.25, -0.2) is 9.69 Å². The second kappa shape index (κ2) is 7.00. The number of piperazine rings is 1. The molecule has 0 saturated carbocycles. The molecule has 1 atom stereocenters. The third-order valence-electron chi connectivity index (χ3n) is 4.54. The van der Waals surface area contributed by atoms with Crippen molar-refractivity contribution in [1.82, 2.24) is 15.1 Å². The van der Waals surface area contributed by atoms with Crippen molar-refractivity contribution in [2.75, 3.05) is 38.1 Å². The zero-order valence-electron chi connectivity index (χ0n) is 13.8. The van der Waals surface area contributed by atoms with Crippen LogP contribution in [0.1, 0.15) is 12.8 Å². The third kappa shape index (κ3) is 3.41. The number of benzene rings is 1. The molecule has 0 radical (unpaired) electrons. The Morgan fingerprint density at radius 1 is 1.12 bits per heavy atom. The lowest BCUT2D eigenvalue weighted by molar-refractivity contribution is -0.133. The zero-order valence-corrected chi connectivity index (χ0v) is 13.8. The molecular formula is C17H22N4O3. The average Bonchev–Trinajstić information content (AvgIpc) is 2.88. The maximum absolute atomic E-state index is 12.5. The fourth-order valence-electron chi connectivity index (χ4n) is 3.03. The van der Waals surface area contributed by atoms with Crippen molar-refractivity contribution in [3.05, 3.63) is 30.3 Å². The molecule has 0 aliphatic carbocycles. The molecule has 1 aromatic rings. The lowest BCUT2D eigenvalue weighted by Crippen LogP contribution is -2.47. The second-order valence-corrected chi connectivity index (χ2v) is 6.23. The highest BCUT2D eigenvalue weighted by Gasteiger charge is 2.39. The van der Waals surface area contributed by atoms with E-state index in [2.05, 4.69) is 10.2 Å². The Labute approximate surface area is 141 Å². The number of nitrogens with one attached hydrogen (secondary N) is 1. The molecule has 128 valence electrons. The van der Waals surface area contributed by atoms with Crippen LogP contribution < -0.4 is 10.2 Å². The smallest absolute Gasteiger partial charge is 0.329 e. The first-order chi connectivity index (χ1) is 11.6. The standard InChI is InChI=1S/C17H22N4O3/c1-19-9-11-20(12-10-19)15(22)8-7-14-16(23)21(17(24)18-14)13-5-3-2-4-6-13/h2-6,14H,7-12H2,1H3,(H,18,24)/t14-/m0/s1. The average molecular weight is 330 g/mol. The van der Waals surface area contributed by atoms with Gasteiger partial charge in [-0.2, -0.15) is 0 Å². The molecule has 2 saturated heterocycles. The van der Waals surface area contributed by atoms with Gasteiger partial charge in [-0.15, -0.1) is 0 Å². The van der Waals surface area contributed by atoms with Gasteiger partial charge in [0.2, 0.25) is 5.91 Å². The molecule has 4 amide bonds. The number of imide groups is 1. The first kappa shape index (κ1) is 16.4. The summed E-state index contributed by atoms with van der Waals surface area (Å²) >= 11 is 0. The number of rotatable bonds is 4.